The summed E-state index contributed by atoms with van der Waals surface area (Å²) in [5.41, 5.74) is 0. The van der Waals surface area contributed by atoms with Crippen LogP contribution in [0.2, 0.25) is 0 Å². The van der Waals surface area contributed by atoms with Crippen molar-refractivity contribution >= 4 is 0 Å². The van der Waals surface area contributed by atoms with Gasteiger partial charge in [0, 0.05) is 12.5 Å². The van der Waals surface area contributed by atoms with Gasteiger partial charge in [0.15, 0.2) is 11.6 Å². The lowest BCUT2D eigenvalue weighted by atomic mass is 10.1. The number of nitrogens with one attached hydrogen (secondary N) is 1. The first-order chi connectivity index (χ1) is 6.86. The number of rotatable bonds is 3. The van der Waals surface area contributed by atoms with E-state index in [0.717, 1.165) is 19.5 Å². The Morgan fingerprint density at radius 3 is 3.00 bits per heavy atom. The van der Waals surface area contributed by atoms with Crippen LogP contribution in [0.15, 0.2) is 24.3 Å². The maximum Gasteiger partial charge on any atom is 0.165 e. The van der Waals surface area contributed by atoms with Gasteiger partial charge < -0.3 is 10.1 Å². The third kappa shape index (κ3) is 2.23. The molecule has 1 aliphatic rings. The van der Waals surface area contributed by atoms with Gasteiger partial charge >= 0.3 is 0 Å². The van der Waals surface area contributed by atoms with Crippen LogP contribution in [0.5, 0.6) is 5.75 Å². The molecule has 2 rings (SSSR count). The average molecular weight is 195 g/mol. The Morgan fingerprint density at radius 1 is 1.43 bits per heavy atom. The molecule has 1 aromatic rings. The fourth-order valence-electron chi connectivity index (χ4n) is 1.63. The molecule has 76 valence electrons. The Bertz CT molecular complexity index is 297. The summed E-state index contributed by atoms with van der Waals surface area (Å²) in [4.78, 5) is 0. The minimum Gasteiger partial charge on any atom is -0.490 e. The highest BCUT2D eigenvalue weighted by Gasteiger charge is 2.15. The number of hydrogen-bond acceptors (Lipinski definition) is 2. The summed E-state index contributed by atoms with van der Waals surface area (Å²) in [7, 11) is 0. The molecule has 2 nitrogen and oxygen atoms in total. The van der Waals surface area contributed by atoms with Gasteiger partial charge in [0.05, 0.1) is 6.61 Å². The zero-order valence-corrected chi connectivity index (χ0v) is 8.00. The van der Waals surface area contributed by atoms with E-state index in [-0.39, 0.29) is 5.82 Å². The molecular formula is C11H14FNO. The first-order valence-corrected chi connectivity index (χ1v) is 4.94. The SMILES string of the molecule is Fc1ccccc1OCC1CCNC1. The van der Waals surface area contributed by atoms with Gasteiger partial charge in [-0.25, -0.2) is 4.39 Å². The largest absolute Gasteiger partial charge is 0.490 e. The Hall–Kier alpha value is -1.09. The van der Waals surface area contributed by atoms with E-state index in [0.29, 0.717) is 18.3 Å². The topological polar surface area (TPSA) is 21.3 Å². The first kappa shape index (κ1) is 9.46. The molecular weight excluding hydrogens is 181 g/mol. The molecule has 0 aliphatic carbocycles. The maximum atomic E-state index is 13.1. The quantitative estimate of drug-likeness (QED) is 0.794. The monoisotopic (exact) mass is 195 g/mol. The first-order valence-electron chi connectivity index (χ1n) is 4.94. The van der Waals surface area contributed by atoms with Gasteiger partial charge in [-0.3, -0.25) is 0 Å². The summed E-state index contributed by atoms with van der Waals surface area (Å²) >= 11 is 0. The van der Waals surface area contributed by atoms with E-state index in [1.54, 1.807) is 18.2 Å². The summed E-state index contributed by atoms with van der Waals surface area (Å²) < 4.78 is 18.5. The second-order valence-corrected chi connectivity index (χ2v) is 3.60. The molecule has 1 aromatic carbocycles. The Balaban J connectivity index is 1.88. The highest BCUT2D eigenvalue weighted by molar-refractivity contribution is 5.23. The molecule has 1 atom stereocenters. The molecule has 14 heavy (non-hydrogen) atoms. The number of ether oxygens (including phenoxy) is 1. The van der Waals surface area contributed by atoms with Crippen LogP contribution in [0.4, 0.5) is 4.39 Å². The van der Waals surface area contributed by atoms with Gasteiger partial charge in [-0.2, -0.15) is 0 Å². The van der Waals surface area contributed by atoms with Crippen molar-refractivity contribution in [2.45, 2.75) is 6.42 Å². The average Bonchev–Trinajstić information content (AvgIpc) is 2.69. The van der Waals surface area contributed by atoms with Gasteiger partial charge in [-0.05, 0) is 25.1 Å². The maximum absolute atomic E-state index is 13.1. The van der Waals surface area contributed by atoms with E-state index in [1.807, 2.05) is 0 Å². The molecule has 3 heteroatoms. The van der Waals surface area contributed by atoms with Crippen LogP contribution in [0.1, 0.15) is 6.42 Å². The van der Waals surface area contributed by atoms with Crippen LogP contribution >= 0.6 is 0 Å². The normalized spacial score (nSPS) is 21.1. The molecule has 1 N–H and O–H groups in total. The lowest BCUT2D eigenvalue weighted by Crippen LogP contribution is -2.15. The van der Waals surface area contributed by atoms with E-state index in [4.69, 9.17) is 4.74 Å². The van der Waals surface area contributed by atoms with Gasteiger partial charge in [-0.15, -0.1) is 0 Å². The summed E-state index contributed by atoms with van der Waals surface area (Å²) in [6.45, 7) is 2.63. The standard InChI is InChI=1S/C11H14FNO/c12-10-3-1-2-4-11(10)14-8-9-5-6-13-7-9/h1-4,9,13H,5-8H2. The van der Waals surface area contributed by atoms with Crippen molar-refractivity contribution < 1.29 is 9.13 Å². The molecule has 0 bridgehead atoms. The summed E-state index contributed by atoms with van der Waals surface area (Å²) in [6, 6.07) is 6.53. The molecule has 1 unspecified atom stereocenters. The minimum atomic E-state index is -0.279. The molecule has 1 heterocycles. The molecule has 0 amide bonds. The Kier molecular flexibility index (Phi) is 2.99. The summed E-state index contributed by atoms with van der Waals surface area (Å²) in [6.07, 6.45) is 1.12. The van der Waals surface area contributed by atoms with Crippen molar-refractivity contribution in [3.8, 4) is 5.75 Å². The van der Waals surface area contributed by atoms with E-state index in [9.17, 15) is 4.39 Å². The van der Waals surface area contributed by atoms with E-state index in [1.165, 1.54) is 6.07 Å². The molecule has 0 aromatic heterocycles. The number of benzene rings is 1. The van der Waals surface area contributed by atoms with Crippen molar-refractivity contribution in [2.24, 2.45) is 5.92 Å². The van der Waals surface area contributed by atoms with Crippen LogP contribution in [0.25, 0.3) is 0 Å². The van der Waals surface area contributed by atoms with Crippen LogP contribution in [-0.2, 0) is 0 Å². The number of para-hydroxylation sites is 1. The van der Waals surface area contributed by atoms with Crippen molar-refractivity contribution in [1.82, 2.24) is 5.32 Å². The van der Waals surface area contributed by atoms with Crippen LogP contribution in [0, 0.1) is 11.7 Å². The lowest BCUT2D eigenvalue weighted by molar-refractivity contribution is 0.249. The molecule has 1 fully saturated rings. The fraction of sp³-hybridized carbons (Fsp3) is 0.455. The van der Waals surface area contributed by atoms with E-state index >= 15 is 0 Å². The molecule has 1 aliphatic heterocycles. The molecule has 0 radical (unpaired) electrons. The second-order valence-electron chi connectivity index (χ2n) is 3.60. The van der Waals surface area contributed by atoms with Crippen LogP contribution in [-0.4, -0.2) is 19.7 Å². The van der Waals surface area contributed by atoms with Gasteiger partial charge in [0.25, 0.3) is 0 Å². The van der Waals surface area contributed by atoms with Crippen LogP contribution in [0.3, 0.4) is 0 Å². The van der Waals surface area contributed by atoms with Crippen molar-refractivity contribution in [3.63, 3.8) is 0 Å². The second kappa shape index (κ2) is 4.42. The van der Waals surface area contributed by atoms with E-state index in [2.05, 4.69) is 5.32 Å². The van der Waals surface area contributed by atoms with Crippen molar-refractivity contribution in [3.05, 3.63) is 30.1 Å². The fourth-order valence-corrected chi connectivity index (χ4v) is 1.63. The molecule has 0 spiro atoms. The molecule has 1 saturated heterocycles. The third-order valence-electron chi connectivity index (χ3n) is 2.47. The highest BCUT2D eigenvalue weighted by Crippen LogP contribution is 2.17. The van der Waals surface area contributed by atoms with Gasteiger partial charge in [-0.1, -0.05) is 12.1 Å². The van der Waals surface area contributed by atoms with Gasteiger partial charge in [0.2, 0.25) is 0 Å². The summed E-state index contributed by atoms with van der Waals surface area (Å²) in [5.74, 6) is 0.604. The minimum absolute atomic E-state index is 0.279. The third-order valence-corrected chi connectivity index (χ3v) is 2.47. The van der Waals surface area contributed by atoms with E-state index < -0.39 is 0 Å². The van der Waals surface area contributed by atoms with Crippen LogP contribution < -0.4 is 10.1 Å². The molecule has 0 saturated carbocycles. The zero-order valence-electron chi connectivity index (χ0n) is 8.00. The van der Waals surface area contributed by atoms with Crippen molar-refractivity contribution in [2.75, 3.05) is 19.7 Å². The zero-order chi connectivity index (χ0) is 9.80. The number of halogens is 1. The smallest absolute Gasteiger partial charge is 0.165 e. The predicted molar refractivity (Wildman–Crippen MR) is 52.9 cm³/mol. The Morgan fingerprint density at radius 2 is 2.29 bits per heavy atom. The highest BCUT2D eigenvalue weighted by atomic mass is 19.1. The van der Waals surface area contributed by atoms with Crippen molar-refractivity contribution in [1.29, 1.82) is 0 Å². The Labute approximate surface area is 83.1 Å². The lowest BCUT2D eigenvalue weighted by Gasteiger charge is -2.10. The number of hydrogen-bond donors (Lipinski definition) is 1. The van der Waals surface area contributed by atoms with Gasteiger partial charge in [0.1, 0.15) is 0 Å². The summed E-state index contributed by atoms with van der Waals surface area (Å²) in [5, 5.41) is 3.25. The predicted octanol–water partition coefficient (Wildman–Crippen LogP) is 1.81.